The van der Waals surface area contributed by atoms with Crippen molar-refractivity contribution in [1.82, 2.24) is 0 Å². The summed E-state index contributed by atoms with van der Waals surface area (Å²) in [5, 5.41) is 2.06. The Bertz CT molecular complexity index is 319. The van der Waals surface area contributed by atoms with Crippen molar-refractivity contribution < 1.29 is 9.47 Å². The van der Waals surface area contributed by atoms with Crippen molar-refractivity contribution in [1.29, 1.82) is 0 Å². The molecule has 0 saturated heterocycles. The lowest BCUT2D eigenvalue weighted by Crippen LogP contribution is -2.30. The van der Waals surface area contributed by atoms with Crippen LogP contribution < -0.4 is 5.73 Å². The molecule has 4 heteroatoms. The third-order valence-corrected chi connectivity index (χ3v) is 3.53. The molecule has 18 heavy (non-hydrogen) atoms. The topological polar surface area (TPSA) is 44.5 Å². The molecule has 2 atom stereocenters. The largest absolute Gasteiger partial charge is 0.373 e. The lowest BCUT2D eigenvalue weighted by atomic mass is 10.1. The van der Waals surface area contributed by atoms with E-state index in [1.165, 1.54) is 4.88 Å². The van der Waals surface area contributed by atoms with E-state index in [1.807, 2.05) is 26.8 Å². The van der Waals surface area contributed by atoms with E-state index < -0.39 is 0 Å². The molecule has 0 radical (unpaired) electrons. The molecule has 1 heterocycles. The van der Waals surface area contributed by atoms with Crippen LogP contribution >= 0.6 is 11.3 Å². The first-order chi connectivity index (χ1) is 8.44. The van der Waals surface area contributed by atoms with E-state index in [2.05, 4.69) is 18.4 Å². The minimum absolute atomic E-state index is 0.0152. The standard InChI is InChI=1S/C14H25NO2S/c1-5-11(15)13(12-7-6-10-18-12)16-8-9-17-14(2,3)4/h6-7,10-11,13H,5,8-9,15H2,1-4H3. The number of ether oxygens (including phenoxy) is 2. The first-order valence-electron chi connectivity index (χ1n) is 6.48. The molecule has 0 amide bonds. The zero-order valence-corrected chi connectivity index (χ0v) is 12.6. The lowest BCUT2D eigenvalue weighted by Gasteiger charge is -2.24. The molecule has 2 unspecified atom stereocenters. The predicted octanol–water partition coefficient (Wildman–Crippen LogP) is 3.36. The molecule has 1 rings (SSSR count). The van der Waals surface area contributed by atoms with Crippen LogP contribution in [0, 0.1) is 0 Å². The number of hydrogen-bond donors (Lipinski definition) is 1. The van der Waals surface area contributed by atoms with Gasteiger partial charge in [0.25, 0.3) is 0 Å². The van der Waals surface area contributed by atoms with E-state index in [0.29, 0.717) is 13.2 Å². The number of nitrogens with two attached hydrogens (primary N) is 1. The number of hydrogen-bond acceptors (Lipinski definition) is 4. The molecule has 0 spiro atoms. The molecule has 104 valence electrons. The van der Waals surface area contributed by atoms with Crippen molar-refractivity contribution in [3.63, 3.8) is 0 Å². The predicted molar refractivity (Wildman–Crippen MR) is 77.0 cm³/mol. The number of rotatable bonds is 7. The third kappa shape index (κ3) is 5.48. The van der Waals surface area contributed by atoms with Gasteiger partial charge in [-0.2, -0.15) is 0 Å². The number of thiophene rings is 1. The monoisotopic (exact) mass is 271 g/mol. The fraction of sp³-hybridized carbons (Fsp3) is 0.714. The highest BCUT2D eigenvalue weighted by atomic mass is 32.1. The molecule has 1 aromatic heterocycles. The van der Waals surface area contributed by atoms with Gasteiger partial charge in [-0.1, -0.05) is 13.0 Å². The van der Waals surface area contributed by atoms with Gasteiger partial charge >= 0.3 is 0 Å². The summed E-state index contributed by atoms with van der Waals surface area (Å²) in [5.74, 6) is 0. The first kappa shape index (κ1) is 15.6. The Hall–Kier alpha value is -0.420. The van der Waals surface area contributed by atoms with Gasteiger partial charge in [0.2, 0.25) is 0 Å². The van der Waals surface area contributed by atoms with Crippen molar-refractivity contribution in [3.05, 3.63) is 22.4 Å². The minimum atomic E-state index is -0.116. The Morgan fingerprint density at radius 1 is 1.33 bits per heavy atom. The van der Waals surface area contributed by atoms with Gasteiger partial charge in [0.05, 0.1) is 18.8 Å². The van der Waals surface area contributed by atoms with Crippen LogP contribution in [0.1, 0.15) is 45.1 Å². The second kappa shape index (κ2) is 7.24. The molecule has 0 bridgehead atoms. The maximum atomic E-state index is 6.12. The quantitative estimate of drug-likeness (QED) is 0.773. The second-order valence-electron chi connectivity index (χ2n) is 5.34. The summed E-state index contributed by atoms with van der Waals surface area (Å²) in [5.41, 5.74) is 6.00. The highest BCUT2D eigenvalue weighted by molar-refractivity contribution is 7.10. The maximum absolute atomic E-state index is 6.12. The highest BCUT2D eigenvalue weighted by Gasteiger charge is 2.20. The van der Waals surface area contributed by atoms with E-state index in [9.17, 15) is 0 Å². The molecule has 0 aliphatic rings. The zero-order valence-electron chi connectivity index (χ0n) is 11.8. The van der Waals surface area contributed by atoms with Crippen LogP contribution in [0.3, 0.4) is 0 Å². The van der Waals surface area contributed by atoms with Gasteiger partial charge < -0.3 is 15.2 Å². The van der Waals surface area contributed by atoms with Crippen molar-refractivity contribution in [2.75, 3.05) is 13.2 Å². The second-order valence-corrected chi connectivity index (χ2v) is 6.32. The van der Waals surface area contributed by atoms with Crippen LogP contribution in [-0.2, 0) is 9.47 Å². The van der Waals surface area contributed by atoms with Crippen LogP contribution in [-0.4, -0.2) is 24.9 Å². The molecule has 3 nitrogen and oxygen atoms in total. The van der Waals surface area contributed by atoms with Crippen molar-refractivity contribution in [2.24, 2.45) is 5.73 Å². The summed E-state index contributed by atoms with van der Waals surface area (Å²) in [7, 11) is 0. The van der Waals surface area contributed by atoms with E-state index in [-0.39, 0.29) is 17.7 Å². The van der Waals surface area contributed by atoms with Gasteiger partial charge in [-0.25, -0.2) is 0 Å². The molecule has 0 saturated carbocycles. The normalized spacial score (nSPS) is 15.6. The molecule has 0 aliphatic carbocycles. The Kier molecular flexibility index (Phi) is 6.29. The molecule has 0 fully saturated rings. The summed E-state index contributed by atoms with van der Waals surface area (Å²) >= 11 is 1.69. The van der Waals surface area contributed by atoms with E-state index >= 15 is 0 Å². The molecular formula is C14H25NO2S. The minimum Gasteiger partial charge on any atom is -0.373 e. The summed E-state index contributed by atoms with van der Waals surface area (Å²) in [6, 6.07) is 4.15. The van der Waals surface area contributed by atoms with E-state index in [4.69, 9.17) is 15.2 Å². The zero-order chi connectivity index (χ0) is 13.6. The third-order valence-electron chi connectivity index (χ3n) is 2.60. The van der Waals surface area contributed by atoms with Gasteiger partial charge in [-0.05, 0) is 38.6 Å². The van der Waals surface area contributed by atoms with Gasteiger partial charge in [0.15, 0.2) is 0 Å². The average Bonchev–Trinajstić information content (AvgIpc) is 2.80. The van der Waals surface area contributed by atoms with Gasteiger partial charge in [-0.3, -0.25) is 0 Å². The van der Waals surface area contributed by atoms with Crippen molar-refractivity contribution in [2.45, 2.75) is 51.9 Å². The fourth-order valence-electron chi connectivity index (χ4n) is 1.61. The van der Waals surface area contributed by atoms with Crippen molar-refractivity contribution >= 4 is 11.3 Å². The lowest BCUT2D eigenvalue weighted by molar-refractivity contribution is -0.0563. The summed E-state index contributed by atoms with van der Waals surface area (Å²) < 4.78 is 11.5. The molecule has 0 aromatic carbocycles. The summed E-state index contributed by atoms with van der Waals surface area (Å²) in [6.45, 7) is 9.39. The Morgan fingerprint density at radius 3 is 2.56 bits per heavy atom. The van der Waals surface area contributed by atoms with Crippen LogP contribution in [0.25, 0.3) is 0 Å². The molecule has 2 N–H and O–H groups in total. The van der Waals surface area contributed by atoms with Crippen LogP contribution in [0.5, 0.6) is 0 Å². The molecule has 0 aliphatic heterocycles. The average molecular weight is 271 g/mol. The van der Waals surface area contributed by atoms with Crippen molar-refractivity contribution in [3.8, 4) is 0 Å². The summed E-state index contributed by atoms with van der Waals surface area (Å²) in [6.07, 6.45) is 0.890. The van der Waals surface area contributed by atoms with Gasteiger partial charge in [-0.15, -0.1) is 11.3 Å². The Labute approximate surface area is 114 Å². The maximum Gasteiger partial charge on any atom is 0.107 e. The molecular weight excluding hydrogens is 246 g/mol. The Morgan fingerprint density at radius 2 is 2.06 bits per heavy atom. The van der Waals surface area contributed by atoms with Gasteiger partial charge in [0.1, 0.15) is 6.10 Å². The fourth-order valence-corrected chi connectivity index (χ4v) is 2.46. The first-order valence-corrected chi connectivity index (χ1v) is 7.36. The van der Waals surface area contributed by atoms with Crippen LogP contribution in [0.2, 0.25) is 0 Å². The van der Waals surface area contributed by atoms with E-state index in [1.54, 1.807) is 11.3 Å². The van der Waals surface area contributed by atoms with E-state index in [0.717, 1.165) is 6.42 Å². The molecule has 1 aromatic rings. The smallest absolute Gasteiger partial charge is 0.107 e. The van der Waals surface area contributed by atoms with Gasteiger partial charge in [0, 0.05) is 10.9 Å². The summed E-state index contributed by atoms with van der Waals surface area (Å²) in [4.78, 5) is 1.19. The van der Waals surface area contributed by atoms with Crippen LogP contribution in [0.4, 0.5) is 0 Å². The highest BCUT2D eigenvalue weighted by Crippen LogP contribution is 2.26. The van der Waals surface area contributed by atoms with Crippen LogP contribution in [0.15, 0.2) is 17.5 Å². The Balaban J connectivity index is 2.43. The SMILES string of the molecule is CCC(N)C(OCCOC(C)(C)C)c1cccs1.